The van der Waals surface area contributed by atoms with E-state index in [0.29, 0.717) is 35.4 Å². The van der Waals surface area contributed by atoms with E-state index in [4.69, 9.17) is 23.2 Å². The average Bonchev–Trinajstić information content (AvgIpc) is 3.41. The first-order valence-electron chi connectivity index (χ1n) is 12.7. The number of amides is 2. The predicted molar refractivity (Wildman–Crippen MR) is 156 cm³/mol. The van der Waals surface area contributed by atoms with E-state index in [0.717, 1.165) is 17.0 Å². The summed E-state index contributed by atoms with van der Waals surface area (Å²) in [4.78, 5) is 44.5. The third-order valence-corrected chi connectivity index (χ3v) is 9.17. The largest absolute Gasteiger partial charge is 0.480 e. The minimum atomic E-state index is -3.40. The Morgan fingerprint density at radius 2 is 1.85 bits per heavy atom. The number of hydrogen-bond acceptors (Lipinski definition) is 6. The third-order valence-electron chi connectivity index (χ3n) is 7.22. The number of benzene rings is 2. The van der Waals surface area contributed by atoms with Crippen LogP contribution in [0.4, 0.5) is 0 Å². The van der Waals surface area contributed by atoms with Gasteiger partial charge in [-0.1, -0.05) is 59.1 Å². The van der Waals surface area contributed by atoms with E-state index in [2.05, 4.69) is 10.3 Å². The Kier molecular flexibility index (Phi) is 7.91. The number of pyridine rings is 1. The topological polar surface area (TPSA) is 134 Å². The smallest absolute Gasteiger partial charge is 0.326 e. The number of nitrogens with zero attached hydrogens (tertiary/aromatic N) is 2. The Bertz CT molecular complexity index is 1780. The number of allylic oxidation sites excluding steroid dienone is 3. The highest BCUT2D eigenvalue weighted by molar-refractivity contribution is 7.94. The van der Waals surface area contributed by atoms with Crippen LogP contribution < -0.4 is 5.32 Å². The molecule has 0 fully saturated rings. The summed E-state index contributed by atoms with van der Waals surface area (Å²) in [5.41, 5.74) is 2.17. The van der Waals surface area contributed by atoms with Crippen molar-refractivity contribution in [1.82, 2.24) is 15.2 Å². The number of rotatable bonds is 7. The molecule has 3 aromatic rings. The highest BCUT2D eigenvalue weighted by Gasteiger charge is 2.31. The second-order valence-electron chi connectivity index (χ2n) is 10.1. The van der Waals surface area contributed by atoms with E-state index in [1.165, 1.54) is 6.08 Å². The van der Waals surface area contributed by atoms with Crippen molar-refractivity contribution >= 4 is 61.6 Å². The molecule has 2 heterocycles. The second-order valence-corrected chi connectivity index (χ2v) is 12.9. The van der Waals surface area contributed by atoms with Crippen LogP contribution in [0.5, 0.6) is 0 Å². The van der Waals surface area contributed by atoms with Gasteiger partial charge in [-0.2, -0.15) is 0 Å². The van der Waals surface area contributed by atoms with Crippen LogP contribution in [0, 0.1) is 0 Å². The number of hydrogen-bond donors (Lipinski definition) is 2. The van der Waals surface area contributed by atoms with E-state index in [-0.39, 0.29) is 45.8 Å². The minimum Gasteiger partial charge on any atom is -0.480 e. The summed E-state index contributed by atoms with van der Waals surface area (Å²) in [6.07, 6.45) is 6.10. The lowest BCUT2D eigenvalue weighted by Crippen LogP contribution is -2.41. The number of carboxylic acids is 1. The molecule has 1 aromatic heterocycles. The molecule has 0 bridgehead atoms. The number of nitrogens with one attached hydrogen (secondary N) is 1. The van der Waals surface area contributed by atoms with Crippen LogP contribution in [0.3, 0.4) is 0 Å². The summed E-state index contributed by atoms with van der Waals surface area (Å²) in [5, 5.41) is 14.2. The zero-order chi connectivity index (χ0) is 29.5. The van der Waals surface area contributed by atoms with Gasteiger partial charge in [-0.05, 0) is 47.6 Å². The third kappa shape index (κ3) is 6.00. The summed E-state index contributed by atoms with van der Waals surface area (Å²) >= 11 is 13.1. The number of carbonyl (C=O) groups excluding carboxylic acids is 2. The molecule has 9 nitrogen and oxygen atoms in total. The Morgan fingerprint density at radius 3 is 2.54 bits per heavy atom. The lowest BCUT2D eigenvalue weighted by Gasteiger charge is -2.30. The minimum absolute atomic E-state index is 0.0228. The Labute approximate surface area is 246 Å². The van der Waals surface area contributed by atoms with Crippen molar-refractivity contribution in [2.24, 2.45) is 0 Å². The Morgan fingerprint density at radius 1 is 1.12 bits per heavy atom. The number of aromatic nitrogens is 1. The Hall–Kier alpha value is -3.73. The maximum atomic E-state index is 13.2. The molecule has 41 heavy (non-hydrogen) atoms. The highest BCUT2D eigenvalue weighted by Crippen LogP contribution is 2.35. The van der Waals surface area contributed by atoms with E-state index in [1.54, 1.807) is 29.3 Å². The number of halogens is 2. The van der Waals surface area contributed by atoms with Gasteiger partial charge >= 0.3 is 5.97 Å². The first-order chi connectivity index (χ1) is 19.4. The lowest BCUT2D eigenvalue weighted by molar-refractivity contribution is -0.139. The standard InChI is InChI=1S/C29H25Cl2N3O6S/c1-41(39,40)20-7-6-16(10-20)11-24(29(37)38)33-27(35)25-22(30)12-19-15-34(9-8-21(19)26(25)31)28(36)23-13-17-4-2-3-5-18(17)14-32-23/h2-7,12-14,24H,8-11,15H2,1H3,(H,33,35)(H,37,38)/t24-/m0/s1. The summed E-state index contributed by atoms with van der Waals surface area (Å²) < 4.78 is 23.6. The molecule has 0 saturated heterocycles. The van der Waals surface area contributed by atoms with Gasteiger partial charge in [0.25, 0.3) is 11.8 Å². The van der Waals surface area contributed by atoms with Crippen LogP contribution in [-0.2, 0) is 27.6 Å². The molecule has 1 atom stereocenters. The number of aliphatic carboxylic acids is 1. The van der Waals surface area contributed by atoms with Crippen LogP contribution >= 0.6 is 23.2 Å². The fourth-order valence-electron chi connectivity index (χ4n) is 5.04. The van der Waals surface area contributed by atoms with E-state index in [9.17, 15) is 27.9 Å². The van der Waals surface area contributed by atoms with Gasteiger partial charge in [-0.15, -0.1) is 0 Å². The van der Waals surface area contributed by atoms with Gasteiger partial charge in [0, 0.05) is 42.3 Å². The molecule has 2 N–H and O–H groups in total. The number of carboxylic acid groups (broad SMARTS) is 1. The predicted octanol–water partition coefficient (Wildman–Crippen LogP) is 4.57. The molecule has 12 heteroatoms. The van der Waals surface area contributed by atoms with Gasteiger partial charge in [0.05, 0.1) is 15.6 Å². The van der Waals surface area contributed by atoms with Gasteiger partial charge in [0.1, 0.15) is 11.7 Å². The molecule has 2 aromatic carbocycles. The summed E-state index contributed by atoms with van der Waals surface area (Å²) in [7, 11) is -3.40. The second kappa shape index (κ2) is 11.3. The molecular weight excluding hydrogens is 589 g/mol. The number of fused-ring (bicyclic) bond motifs is 2. The van der Waals surface area contributed by atoms with Crippen LogP contribution in [0.1, 0.15) is 44.8 Å². The average molecular weight is 615 g/mol. The van der Waals surface area contributed by atoms with Crippen LogP contribution in [0.25, 0.3) is 10.8 Å². The SMILES string of the molecule is CS(=O)(=O)C1=CC=C(C[C@H](NC(=O)c2c(Cl)cc3c(c2Cl)CCN(C(=O)c2cc4ccccc4cn2)C3)C(=O)O)C1. The van der Waals surface area contributed by atoms with E-state index < -0.39 is 27.8 Å². The lowest BCUT2D eigenvalue weighted by atomic mass is 9.96. The van der Waals surface area contributed by atoms with Crippen molar-refractivity contribution in [1.29, 1.82) is 0 Å². The van der Waals surface area contributed by atoms with Crippen molar-refractivity contribution in [2.75, 3.05) is 12.8 Å². The van der Waals surface area contributed by atoms with Crippen molar-refractivity contribution < 1.29 is 27.9 Å². The summed E-state index contributed by atoms with van der Waals surface area (Å²) in [6, 6.07) is 9.62. The van der Waals surface area contributed by atoms with Crippen LogP contribution in [-0.4, -0.2) is 60.0 Å². The van der Waals surface area contributed by atoms with Gasteiger partial charge in [0.2, 0.25) is 0 Å². The summed E-state index contributed by atoms with van der Waals surface area (Å²) in [5.74, 6) is -2.29. The van der Waals surface area contributed by atoms with Gasteiger partial charge < -0.3 is 15.3 Å². The highest BCUT2D eigenvalue weighted by atomic mass is 35.5. The first-order valence-corrected chi connectivity index (χ1v) is 15.3. The van der Waals surface area contributed by atoms with Gasteiger partial charge in [-0.3, -0.25) is 14.6 Å². The maximum Gasteiger partial charge on any atom is 0.326 e. The van der Waals surface area contributed by atoms with Crippen molar-refractivity contribution in [3.63, 3.8) is 0 Å². The van der Waals surface area contributed by atoms with Crippen molar-refractivity contribution in [2.45, 2.75) is 31.8 Å². The van der Waals surface area contributed by atoms with Crippen molar-refractivity contribution in [3.8, 4) is 0 Å². The van der Waals surface area contributed by atoms with Gasteiger partial charge in [-0.25, -0.2) is 13.2 Å². The van der Waals surface area contributed by atoms with Crippen LogP contribution in [0.2, 0.25) is 10.0 Å². The molecule has 1 aliphatic heterocycles. The molecule has 0 radical (unpaired) electrons. The molecule has 212 valence electrons. The molecule has 2 amide bonds. The zero-order valence-electron chi connectivity index (χ0n) is 21.9. The molecule has 0 spiro atoms. The molecule has 2 aliphatic rings. The van der Waals surface area contributed by atoms with Crippen molar-refractivity contribution in [3.05, 3.63) is 97.7 Å². The monoisotopic (exact) mass is 613 g/mol. The maximum absolute atomic E-state index is 13.2. The fourth-order valence-corrected chi connectivity index (χ4v) is 6.56. The van der Waals surface area contributed by atoms with E-state index >= 15 is 0 Å². The molecule has 5 rings (SSSR count). The van der Waals surface area contributed by atoms with Gasteiger partial charge in [0.15, 0.2) is 9.84 Å². The Balaban J connectivity index is 1.31. The molecular formula is C29H25Cl2N3O6S. The normalized spacial score (nSPS) is 15.6. The fraction of sp³-hybridized carbons (Fsp3) is 0.241. The summed E-state index contributed by atoms with van der Waals surface area (Å²) in [6.45, 7) is 0.552. The first kappa shape index (κ1) is 28.8. The van der Waals surface area contributed by atoms with E-state index in [1.807, 2.05) is 24.3 Å². The van der Waals surface area contributed by atoms with Crippen LogP contribution in [0.15, 0.2) is 65.2 Å². The quantitative estimate of drug-likeness (QED) is 0.398. The number of carbonyl (C=O) groups is 3. The molecule has 0 unspecified atom stereocenters. The molecule has 0 saturated carbocycles. The molecule has 1 aliphatic carbocycles. The number of sulfone groups is 1. The zero-order valence-corrected chi connectivity index (χ0v) is 24.2.